The second-order valence-electron chi connectivity index (χ2n) is 14.2. The molecule has 0 radical (unpaired) electrons. The van der Waals surface area contributed by atoms with Gasteiger partial charge in [0.25, 0.3) is 0 Å². The van der Waals surface area contributed by atoms with E-state index >= 15 is 0 Å². The van der Waals surface area contributed by atoms with Gasteiger partial charge in [0.1, 0.15) is 0 Å². The molecule has 264 valence electrons. The first-order chi connectivity index (χ1) is 27.8. The number of nitrogens with zero attached hydrogens (tertiary/aromatic N) is 2. The van der Waals surface area contributed by atoms with E-state index in [0.29, 0.717) is 0 Å². The number of hydrogen-bond donors (Lipinski definition) is 0. The highest BCUT2D eigenvalue weighted by Crippen LogP contribution is 2.41. The number of para-hydroxylation sites is 2. The summed E-state index contributed by atoms with van der Waals surface area (Å²) in [6.45, 7) is 0. The van der Waals surface area contributed by atoms with Gasteiger partial charge in [-0.05, 0) is 111 Å². The molecule has 0 bridgehead atoms. The molecule has 1 heterocycles. The van der Waals surface area contributed by atoms with Crippen LogP contribution >= 0.6 is 0 Å². The third-order valence-electron chi connectivity index (χ3n) is 10.8. The van der Waals surface area contributed by atoms with Gasteiger partial charge in [0.05, 0.1) is 11.0 Å². The van der Waals surface area contributed by atoms with Gasteiger partial charge in [-0.25, -0.2) is 0 Å². The van der Waals surface area contributed by atoms with Crippen molar-refractivity contribution in [2.45, 2.75) is 0 Å². The quantitative estimate of drug-likeness (QED) is 0.152. The summed E-state index contributed by atoms with van der Waals surface area (Å²) in [4.78, 5) is 2.39. The zero-order valence-electron chi connectivity index (χ0n) is 30.8. The molecule has 10 aromatic rings. The Labute approximate surface area is 327 Å². The molecule has 0 unspecified atom stereocenters. The second-order valence-corrected chi connectivity index (χ2v) is 14.2. The minimum Gasteiger partial charge on any atom is -0.310 e. The first-order valence-electron chi connectivity index (χ1n) is 19.2. The van der Waals surface area contributed by atoms with Gasteiger partial charge in [0.2, 0.25) is 0 Å². The third kappa shape index (κ3) is 6.24. The zero-order chi connectivity index (χ0) is 37.3. The molecule has 9 aromatic carbocycles. The lowest BCUT2D eigenvalue weighted by Gasteiger charge is -2.27. The highest BCUT2D eigenvalue weighted by Gasteiger charge is 2.17. The van der Waals surface area contributed by atoms with Crippen molar-refractivity contribution in [3.05, 3.63) is 231 Å². The Kier molecular flexibility index (Phi) is 8.55. The van der Waals surface area contributed by atoms with E-state index in [0.717, 1.165) is 22.7 Å². The molecule has 0 saturated heterocycles. The Morgan fingerprint density at radius 3 is 1.20 bits per heavy atom. The molecular formula is C54H38N2. The lowest BCUT2D eigenvalue weighted by molar-refractivity contribution is 1.18. The van der Waals surface area contributed by atoms with Gasteiger partial charge in [-0.1, -0.05) is 164 Å². The SMILES string of the molecule is c1ccc(-c2cccc(N(c3ccc(-c4ccc(-n5c6ccccc6c6ccccc65)cc4)cc3)c3cc(-c4ccccc4)cc(-c4ccccc4)c3)c2)cc1. The van der Waals surface area contributed by atoms with Crippen LogP contribution in [0.2, 0.25) is 0 Å². The number of hydrogen-bond acceptors (Lipinski definition) is 1. The van der Waals surface area contributed by atoms with Crippen LogP contribution < -0.4 is 4.90 Å². The van der Waals surface area contributed by atoms with Crippen molar-refractivity contribution in [2.75, 3.05) is 4.90 Å². The summed E-state index contributed by atoms with van der Waals surface area (Å²) >= 11 is 0. The summed E-state index contributed by atoms with van der Waals surface area (Å²) in [5, 5.41) is 2.54. The molecule has 0 saturated carbocycles. The van der Waals surface area contributed by atoms with Gasteiger partial charge in [-0.3, -0.25) is 0 Å². The second kappa shape index (κ2) is 14.4. The van der Waals surface area contributed by atoms with Gasteiger partial charge in [0, 0.05) is 33.5 Å². The number of fused-ring (bicyclic) bond motifs is 3. The van der Waals surface area contributed by atoms with Crippen LogP contribution in [0.5, 0.6) is 0 Å². The topological polar surface area (TPSA) is 8.17 Å². The first-order valence-corrected chi connectivity index (χ1v) is 19.2. The predicted molar refractivity (Wildman–Crippen MR) is 237 cm³/mol. The first kappa shape index (κ1) is 33.2. The van der Waals surface area contributed by atoms with E-state index in [1.807, 2.05) is 0 Å². The monoisotopic (exact) mass is 714 g/mol. The molecule has 56 heavy (non-hydrogen) atoms. The van der Waals surface area contributed by atoms with E-state index in [1.54, 1.807) is 0 Å². The molecule has 2 heteroatoms. The molecular weight excluding hydrogens is 677 g/mol. The van der Waals surface area contributed by atoms with Crippen LogP contribution in [0.1, 0.15) is 0 Å². The van der Waals surface area contributed by atoms with Crippen LogP contribution in [0.4, 0.5) is 17.1 Å². The minimum absolute atomic E-state index is 1.09. The lowest BCUT2D eigenvalue weighted by atomic mass is 9.97. The van der Waals surface area contributed by atoms with Crippen LogP contribution in [0.25, 0.3) is 72.0 Å². The number of rotatable bonds is 8. The van der Waals surface area contributed by atoms with Crippen LogP contribution in [0.3, 0.4) is 0 Å². The lowest BCUT2D eigenvalue weighted by Crippen LogP contribution is -2.10. The van der Waals surface area contributed by atoms with Crippen molar-refractivity contribution in [3.63, 3.8) is 0 Å². The van der Waals surface area contributed by atoms with Gasteiger partial charge < -0.3 is 9.47 Å². The summed E-state index contributed by atoms with van der Waals surface area (Å²) in [5.74, 6) is 0. The summed E-state index contributed by atoms with van der Waals surface area (Å²) in [6.07, 6.45) is 0. The maximum atomic E-state index is 2.39. The molecule has 0 spiro atoms. The van der Waals surface area contributed by atoms with Crippen LogP contribution in [-0.4, -0.2) is 4.57 Å². The number of benzene rings is 9. The van der Waals surface area contributed by atoms with Crippen molar-refractivity contribution < 1.29 is 0 Å². The maximum Gasteiger partial charge on any atom is 0.0541 e. The summed E-state index contributed by atoms with van der Waals surface area (Å²) in [5.41, 5.74) is 16.3. The fraction of sp³-hybridized carbons (Fsp3) is 0. The van der Waals surface area contributed by atoms with E-state index in [1.165, 1.54) is 66.3 Å². The van der Waals surface area contributed by atoms with E-state index in [2.05, 4.69) is 240 Å². The Morgan fingerprint density at radius 2 is 0.661 bits per heavy atom. The molecule has 0 N–H and O–H groups in total. The largest absolute Gasteiger partial charge is 0.310 e. The molecule has 2 nitrogen and oxygen atoms in total. The molecule has 0 amide bonds. The average molecular weight is 715 g/mol. The summed E-state index contributed by atoms with van der Waals surface area (Å²) in [6, 6.07) is 83.1. The Bertz CT molecular complexity index is 2820. The van der Waals surface area contributed by atoms with Crippen LogP contribution in [0, 0.1) is 0 Å². The van der Waals surface area contributed by atoms with Crippen LogP contribution in [-0.2, 0) is 0 Å². The van der Waals surface area contributed by atoms with Crippen molar-refractivity contribution in [3.8, 4) is 50.2 Å². The Balaban J connectivity index is 1.07. The standard InChI is InChI=1S/C54H38N2/c1-4-15-39(16-5-1)44-21-14-22-49(36-44)55(50-37-45(40-17-6-2-7-18-40)35-46(38-50)41-19-8-3-9-20-41)47-31-27-42(28-32-47)43-29-33-48(34-30-43)56-53-25-12-10-23-51(53)52-24-11-13-26-54(52)56/h1-38H. The predicted octanol–water partition coefficient (Wildman–Crippen LogP) is 14.9. The van der Waals surface area contributed by atoms with Crippen molar-refractivity contribution in [2.24, 2.45) is 0 Å². The molecule has 10 rings (SSSR count). The zero-order valence-corrected chi connectivity index (χ0v) is 30.8. The van der Waals surface area contributed by atoms with E-state index in [9.17, 15) is 0 Å². The number of anilines is 3. The fourth-order valence-corrected chi connectivity index (χ4v) is 8.04. The Morgan fingerprint density at radius 1 is 0.250 bits per heavy atom. The average Bonchev–Trinajstić information content (AvgIpc) is 3.62. The molecule has 0 atom stereocenters. The maximum absolute atomic E-state index is 2.39. The summed E-state index contributed by atoms with van der Waals surface area (Å²) in [7, 11) is 0. The third-order valence-corrected chi connectivity index (χ3v) is 10.8. The van der Waals surface area contributed by atoms with Gasteiger partial charge in [0.15, 0.2) is 0 Å². The van der Waals surface area contributed by atoms with Gasteiger partial charge in [-0.15, -0.1) is 0 Å². The normalized spacial score (nSPS) is 11.2. The van der Waals surface area contributed by atoms with E-state index in [-0.39, 0.29) is 0 Å². The summed E-state index contributed by atoms with van der Waals surface area (Å²) < 4.78 is 2.37. The minimum atomic E-state index is 1.09. The van der Waals surface area contributed by atoms with Gasteiger partial charge in [-0.2, -0.15) is 0 Å². The molecule has 0 aliphatic carbocycles. The number of aromatic nitrogens is 1. The fourth-order valence-electron chi connectivity index (χ4n) is 8.04. The van der Waals surface area contributed by atoms with E-state index in [4.69, 9.17) is 0 Å². The van der Waals surface area contributed by atoms with E-state index < -0.39 is 0 Å². The molecule has 0 aliphatic heterocycles. The van der Waals surface area contributed by atoms with Crippen molar-refractivity contribution in [1.29, 1.82) is 0 Å². The Hall–Kier alpha value is -7.42. The van der Waals surface area contributed by atoms with Crippen molar-refractivity contribution >= 4 is 38.9 Å². The highest BCUT2D eigenvalue weighted by molar-refractivity contribution is 6.09. The van der Waals surface area contributed by atoms with Crippen LogP contribution in [0.15, 0.2) is 231 Å². The molecule has 0 fully saturated rings. The smallest absolute Gasteiger partial charge is 0.0541 e. The van der Waals surface area contributed by atoms with Gasteiger partial charge >= 0.3 is 0 Å². The molecule has 0 aliphatic rings. The highest BCUT2D eigenvalue weighted by atomic mass is 15.1. The van der Waals surface area contributed by atoms with Crippen molar-refractivity contribution in [1.82, 2.24) is 4.57 Å². The molecule has 1 aromatic heterocycles.